The Kier molecular flexibility index (Phi) is 6.45. The van der Waals surface area contributed by atoms with Crippen LogP contribution in [-0.4, -0.2) is 66.5 Å². The number of aromatic nitrogens is 2. The van der Waals surface area contributed by atoms with Crippen molar-refractivity contribution in [2.75, 3.05) is 32.6 Å². The largest absolute Gasteiger partial charge is 0.476 e. The molecule has 0 spiro atoms. The van der Waals surface area contributed by atoms with Crippen LogP contribution in [0.5, 0.6) is 0 Å². The van der Waals surface area contributed by atoms with Crippen molar-refractivity contribution in [3.8, 4) is 5.13 Å². The molecule has 182 valence electrons. The first-order valence-corrected chi connectivity index (χ1v) is 14.0. The molecule has 0 radical (unpaired) electrons. The van der Waals surface area contributed by atoms with E-state index in [4.69, 9.17) is 4.74 Å². The van der Waals surface area contributed by atoms with E-state index < -0.39 is 15.8 Å². The summed E-state index contributed by atoms with van der Waals surface area (Å²) < 4.78 is 31.2. The minimum Gasteiger partial charge on any atom is -0.476 e. The Labute approximate surface area is 207 Å². The number of hydrogen-bond acceptors (Lipinski definition) is 7. The Morgan fingerprint density at radius 1 is 1.11 bits per heavy atom. The fourth-order valence-electron chi connectivity index (χ4n) is 4.42. The molecule has 1 aliphatic rings. The molecule has 1 aliphatic heterocycles. The summed E-state index contributed by atoms with van der Waals surface area (Å²) in [5.74, 6) is -1.05. The van der Waals surface area contributed by atoms with E-state index in [0.29, 0.717) is 29.7 Å². The van der Waals surface area contributed by atoms with Crippen LogP contribution in [-0.2, 0) is 27.5 Å². The maximum absolute atomic E-state index is 11.9. The number of aromatic carboxylic acids is 1. The number of benzene rings is 2. The highest BCUT2D eigenvalue weighted by molar-refractivity contribution is 7.90. The van der Waals surface area contributed by atoms with Gasteiger partial charge in [0.2, 0.25) is 0 Å². The maximum atomic E-state index is 11.9. The van der Waals surface area contributed by atoms with Crippen molar-refractivity contribution in [2.45, 2.75) is 17.9 Å². The summed E-state index contributed by atoms with van der Waals surface area (Å²) in [6.07, 6.45) is 3.82. The lowest BCUT2D eigenvalue weighted by molar-refractivity contribution is 0.0343. The van der Waals surface area contributed by atoms with Crippen molar-refractivity contribution in [3.05, 3.63) is 76.4 Å². The average Bonchev–Trinajstić information content (AvgIpc) is 3.46. The third kappa shape index (κ3) is 5.01. The van der Waals surface area contributed by atoms with E-state index in [9.17, 15) is 18.3 Å². The molecule has 3 heterocycles. The van der Waals surface area contributed by atoms with Gasteiger partial charge in [0.15, 0.2) is 20.7 Å². The highest BCUT2D eigenvalue weighted by atomic mass is 32.2. The SMILES string of the molecule is CS(=O)(=O)c1ccc(Cc2cn(-c3nc(C(=O)O)cs3)c3cccc(CN4CCOCC4)c23)cc1. The predicted octanol–water partition coefficient (Wildman–Crippen LogP) is 3.61. The van der Waals surface area contributed by atoms with Crippen molar-refractivity contribution >= 4 is 38.0 Å². The van der Waals surface area contributed by atoms with Crippen molar-refractivity contribution in [1.82, 2.24) is 14.5 Å². The van der Waals surface area contributed by atoms with Crippen LogP contribution in [0.4, 0.5) is 0 Å². The van der Waals surface area contributed by atoms with Gasteiger partial charge in [0.1, 0.15) is 0 Å². The molecule has 1 N–H and O–H groups in total. The lowest BCUT2D eigenvalue weighted by atomic mass is 10.0. The molecule has 0 saturated carbocycles. The molecule has 0 aliphatic carbocycles. The topological polar surface area (TPSA) is 102 Å². The van der Waals surface area contributed by atoms with Gasteiger partial charge in [-0.05, 0) is 41.3 Å². The molecule has 0 bridgehead atoms. The number of morpholine rings is 1. The first-order valence-electron chi connectivity index (χ1n) is 11.2. The molecule has 5 rings (SSSR count). The quantitative estimate of drug-likeness (QED) is 0.404. The van der Waals surface area contributed by atoms with Crippen LogP contribution in [0.15, 0.2) is 58.9 Å². The number of carboxylic acid groups (broad SMARTS) is 1. The van der Waals surface area contributed by atoms with Crippen LogP contribution in [0.3, 0.4) is 0 Å². The molecule has 0 unspecified atom stereocenters. The van der Waals surface area contributed by atoms with Crippen LogP contribution in [0.25, 0.3) is 16.0 Å². The van der Waals surface area contributed by atoms with Crippen molar-refractivity contribution in [3.63, 3.8) is 0 Å². The monoisotopic (exact) mass is 511 g/mol. The van der Waals surface area contributed by atoms with E-state index in [1.807, 2.05) is 35.0 Å². The summed E-state index contributed by atoms with van der Waals surface area (Å²) in [6.45, 7) is 3.95. The zero-order valence-electron chi connectivity index (χ0n) is 19.2. The second kappa shape index (κ2) is 9.54. The normalized spacial score (nSPS) is 15.0. The molecule has 4 aromatic rings. The summed E-state index contributed by atoms with van der Waals surface area (Å²) in [5, 5.41) is 12.6. The number of sulfone groups is 1. The lowest BCUT2D eigenvalue weighted by Crippen LogP contribution is -2.35. The Morgan fingerprint density at radius 3 is 2.51 bits per heavy atom. The lowest BCUT2D eigenvalue weighted by Gasteiger charge is -2.27. The van der Waals surface area contributed by atoms with E-state index in [1.165, 1.54) is 23.2 Å². The molecule has 2 aromatic heterocycles. The Hall–Kier alpha value is -3.05. The van der Waals surface area contributed by atoms with Crippen LogP contribution >= 0.6 is 11.3 Å². The number of hydrogen-bond donors (Lipinski definition) is 1. The Morgan fingerprint density at radius 2 is 1.86 bits per heavy atom. The van der Waals surface area contributed by atoms with Gasteiger partial charge in [-0.15, -0.1) is 11.3 Å². The summed E-state index contributed by atoms with van der Waals surface area (Å²) in [7, 11) is -3.26. The molecule has 10 heteroatoms. The number of nitrogens with zero attached hydrogens (tertiary/aromatic N) is 3. The van der Waals surface area contributed by atoms with Gasteiger partial charge in [0, 0.05) is 42.9 Å². The van der Waals surface area contributed by atoms with Crippen LogP contribution in [0.1, 0.15) is 27.2 Å². The van der Waals surface area contributed by atoms with Gasteiger partial charge in [0.25, 0.3) is 0 Å². The van der Waals surface area contributed by atoms with Gasteiger partial charge >= 0.3 is 5.97 Å². The zero-order valence-corrected chi connectivity index (χ0v) is 20.8. The van der Waals surface area contributed by atoms with Crippen LogP contribution < -0.4 is 0 Å². The smallest absolute Gasteiger partial charge is 0.355 e. The minimum atomic E-state index is -3.26. The summed E-state index contributed by atoms with van der Waals surface area (Å²) >= 11 is 1.29. The number of fused-ring (bicyclic) bond motifs is 1. The predicted molar refractivity (Wildman–Crippen MR) is 134 cm³/mol. The van der Waals surface area contributed by atoms with Gasteiger partial charge in [0.05, 0.1) is 23.6 Å². The highest BCUT2D eigenvalue weighted by Crippen LogP contribution is 2.32. The minimum absolute atomic E-state index is 0.0224. The van der Waals surface area contributed by atoms with Gasteiger partial charge < -0.3 is 9.84 Å². The molecule has 35 heavy (non-hydrogen) atoms. The molecule has 1 fully saturated rings. The van der Waals surface area contributed by atoms with Crippen LogP contribution in [0, 0.1) is 0 Å². The highest BCUT2D eigenvalue weighted by Gasteiger charge is 2.19. The second-order valence-corrected chi connectivity index (χ2v) is 11.5. The van der Waals surface area contributed by atoms with Gasteiger partial charge in [-0.25, -0.2) is 18.2 Å². The van der Waals surface area contributed by atoms with E-state index in [-0.39, 0.29) is 5.69 Å². The number of ether oxygens (including phenoxy) is 1. The van der Waals surface area contributed by atoms with Crippen LogP contribution in [0.2, 0.25) is 0 Å². The van der Waals surface area contributed by atoms with Gasteiger partial charge in [-0.2, -0.15) is 0 Å². The number of carboxylic acids is 1. The molecular formula is C25H25N3O5S2. The van der Waals surface area contributed by atoms with E-state index in [0.717, 1.165) is 41.7 Å². The third-order valence-corrected chi connectivity index (χ3v) is 8.12. The van der Waals surface area contributed by atoms with Crippen molar-refractivity contribution < 1.29 is 23.1 Å². The molecule has 2 aromatic carbocycles. The molecule has 0 amide bonds. The van der Waals surface area contributed by atoms with Gasteiger partial charge in [-0.1, -0.05) is 24.3 Å². The fraction of sp³-hybridized carbons (Fsp3) is 0.280. The van der Waals surface area contributed by atoms with E-state index >= 15 is 0 Å². The Bertz CT molecular complexity index is 1480. The standard InChI is InChI=1S/C25H25N3O5S2/c1-35(31,32)20-7-5-17(6-8-20)13-19-15-28(25-26-21(16-34-25)24(29)30)22-4-2-3-18(23(19)22)14-27-9-11-33-12-10-27/h2-8,15-16H,9-14H2,1H3,(H,29,30). The maximum Gasteiger partial charge on any atom is 0.355 e. The molecular weight excluding hydrogens is 486 g/mol. The Balaban J connectivity index is 1.59. The second-order valence-electron chi connectivity index (χ2n) is 8.64. The van der Waals surface area contributed by atoms with Crippen molar-refractivity contribution in [1.29, 1.82) is 0 Å². The number of thiazole rings is 1. The van der Waals surface area contributed by atoms with E-state index in [2.05, 4.69) is 16.0 Å². The molecule has 1 saturated heterocycles. The van der Waals surface area contributed by atoms with Gasteiger partial charge in [-0.3, -0.25) is 9.47 Å². The number of rotatable bonds is 7. The fourth-order valence-corrected chi connectivity index (χ4v) is 5.84. The summed E-state index contributed by atoms with van der Waals surface area (Å²) in [5.41, 5.74) is 4.23. The van der Waals surface area contributed by atoms with Crippen molar-refractivity contribution in [2.24, 2.45) is 0 Å². The zero-order chi connectivity index (χ0) is 24.6. The summed E-state index contributed by atoms with van der Waals surface area (Å²) in [4.78, 5) is 18.4. The molecule has 8 nitrogen and oxygen atoms in total. The summed E-state index contributed by atoms with van der Waals surface area (Å²) in [6, 6.07) is 13.1. The third-order valence-electron chi connectivity index (χ3n) is 6.16. The first kappa shape index (κ1) is 23.7. The average molecular weight is 512 g/mol. The van der Waals surface area contributed by atoms with E-state index in [1.54, 1.807) is 17.5 Å². The first-order chi connectivity index (χ1) is 16.8. The molecule has 0 atom stereocenters. The number of carbonyl (C=O) groups is 1.